The second-order valence-electron chi connectivity index (χ2n) is 7.51. The SMILES string of the molecule is COc1c(OC(C)C)ccc2c1CN(C)c1cccc3cc4c(c-2c13)OCO4. The summed E-state index contributed by atoms with van der Waals surface area (Å²) in [5, 5.41) is 2.31. The minimum Gasteiger partial charge on any atom is -0.492 e. The molecule has 2 aliphatic rings. The summed E-state index contributed by atoms with van der Waals surface area (Å²) in [6.45, 7) is 4.99. The van der Waals surface area contributed by atoms with Gasteiger partial charge in [-0.1, -0.05) is 12.1 Å². The van der Waals surface area contributed by atoms with Gasteiger partial charge in [0.1, 0.15) is 0 Å². The highest BCUT2D eigenvalue weighted by Crippen LogP contribution is 2.53. The second kappa shape index (κ2) is 6.23. The first-order chi connectivity index (χ1) is 13.6. The van der Waals surface area contributed by atoms with Crippen LogP contribution in [0.1, 0.15) is 19.4 Å². The van der Waals surface area contributed by atoms with E-state index in [9.17, 15) is 0 Å². The van der Waals surface area contributed by atoms with E-state index >= 15 is 0 Å². The van der Waals surface area contributed by atoms with Crippen molar-refractivity contribution in [2.45, 2.75) is 26.5 Å². The lowest BCUT2D eigenvalue weighted by Crippen LogP contribution is -2.17. The molecule has 0 aliphatic carbocycles. The lowest BCUT2D eigenvalue weighted by molar-refractivity contribution is 0.174. The molecule has 0 saturated carbocycles. The summed E-state index contributed by atoms with van der Waals surface area (Å²) in [6.07, 6.45) is 0.0667. The molecule has 0 spiro atoms. The summed E-state index contributed by atoms with van der Waals surface area (Å²) in [5.41, 5.74) is 4.41. The van der Waals surface area contributed by atoms with Crippen molar-refractivity contribution in [3.63, 3.8) is 0 Å². The highest BCUT2D eigenvalue weighted by molar-refractivity contribution is 6.10. The van der Waals surface area contributed by atoms with E-state index in [1.54, 1.807) is 7.11 Å². The largest absolute Gasteiger partial charge is 0.492 e. The number of ether oxygens (including phenoxy) is 4. The number of rotatable bonds is 3. The van der Waals surface area contributed by atoms with Crippen molar-refractivity contribution in [1.82, 2.24) is 0 Å². The van der Waals surface area contributed by atoms with E-state index in [0.29, 0.717) is 6.54 Å². The van der Waals surface area contributed by atoms with Crippen molar-refractivity contribution in [3.8, 4) is 34.1 Å². The molecule has 0 aromatic heterocycles. The van der Waals surface area contributed by atoms with Crippen LogP contribution in [0.5, 0.6) is 23.0 Å². The van der Waals surface area contributed by atoms with Gasteiger partial charge in [-0.25, -0.2) is 0 Å². The Bertz CT molecular complexity index is 1090. The van der Waals surface area contributed by atoms with Crippen molar-refractivity contribution >= 4 is 16.5 Å². The van der Waals surface area contributed by atoms with Crippen LogP contribution in [0.2, 0.25) is 0 Å². The molecule has 0 unspecified atom stereocenters. The van der Waals surface area contributed by atoms with Crippen molar-refractivity contribution < 1.29 is 18.9 Å². The predicted octanol–water partition coefficient (Wildman–Crippen LogP) is 4.98. The molecule has 0 bridgehead atoms. The van der Waals surface area contributed by atoms with Crippen LogP contribution in [0, 0.1) is 0 Å². The fourth-order valence-electron chi connectivity index (χ4n) is 4.26. The maximum absolute atomic E-state index is 6.02. The molecule has 5 nitrogen and oxygen atoms in total. The monoisotopic (exact) mass is 377 g/mol. The number of nitrogens with zero attached hydrogens (tertiary/aromatic N) is 1. The van der Waals surface area contributed by atoms with Crippen molar-refractivity contribution in [2.75, 3.05) is 25.9 Å². The van der Waals surface area contributed by atoms with E-state index in [4.69, 9.17) is 18.9 Å². The van der Waals surface area contributed by atoms with Crippen molar-refractivity contribution in [3.05, 3.63) is 42.0 Å². The second-order valence-corrected chi connectivity index (χ2v) is 7.51. The molecule has 3 aromatic carbocycles. The quantitative estimate of drug-likeness (QED) is 0.644. The Hall–Kier alpha value is -3.08. The van der Waals surface area contributed by atoms with Gasteiger partial charge in [0.2, 0.25) is 6.79 Å². The minimum atomic E-state index is 0.0667. The molecule has 0 radical (unpaired) electrons. The average molecular weight is 377 g/mol. The topological polar surface area (TPSA) is 40.2 Å². The molecular formula is C23H23NO4. The molecule has 3 aromatic rings. The van der Waals surface area contributed by atoms with Crippen molar-refractivity contribution in [1.29, 1.82) is 0 Å². The zero-order valence-electron chi connectivity index (χ0n) is 16.5. The summed E-state index contributed by atoms with van der Waals surface area (Å²) >= 11 is 0. The molecule has 2 aliphatic heterocycles. The van der Waals surface area contributed by atoms with Crippen LogP contribution in [-0.4, -0.2) is 27.1 Å². The molecule has 28 heavy (non-hydrogen) atoms. The van der Waals surface area contributed by atoms with E-state index in [0.717, 1.165) is 50.8 Å². The van der Waals surface area contributed by atoms with E-state index in [1.165, 1.54) is 5.39 Å². The van der Waals surface area contributed by atoms with Crippen LogP contribution in [-0.2, 0) is 6.54 Å². The lowest BCUT2D eigenvalue weighted by Gasteiger charge is -2.22. The smallest absolute Gasteiger partial charge is 0.231 e. The van der Waals surface area contributed by atoms with E-state index < -0.39 is 0 Å². The van der Waals surface area contributed by atoms with E-state index in [2.05, 4.69) is 42.3 Å². The third-order valence-electron chi connectivity index (χ3n) is 5.35. The summed E-state index contributed by atoms with van der Waals surface area (Å²) in [5.74, 6) is 3.12. The van der Waals surface area contributed by atoms with Crippen molar-refractivity contribution in [2.24, 2.45) is 0 Å². The standard InChI is InChI=1S/C23H23NO4/c1-13(2)28-18-9-8-15-16(22(18)25-4)11-24(3)17-7-5-6-14-10-19-23(27-12-26-19)21(15)20(14)17/h5-10,13H,11-12H2,1-4H3. The Morgan fingerprint density at radius 2 is 1.96 bits per heavy atom. The highest BCUT2D eigenvalue weighted by atomic mass is 16.7. The van der Waals surface area contributed by atoms with Gasteiger partial charge in [-0.05, 0) is 49.1 Å². The van der Waals surface area contributed by atoms with Gasteiger partial charge in [0, 0.05) is 35.8 Å². The van der Waals surface area contributed by atoms with E-state index in [-0.39, 0.29) is 12.9 Å². The normalized spacial score (nSPS) is 14.2. The molecular weight excluding hydrogens is 354 g/mol. The van der Waals surface area contributed by atoms with Gasteiger partial charge in [-0.15, -0.1) is 0 Å². The Balaban J connectivity index is 1.87. The summed E-state index contributed by atoms with van der Waals surface area (Å²) in [6, 6.07) is 12.5. The van der Waals surface area contributed by atoms with Crippen LogP contribution in [0.25, 0.3) is 21.9 Å². The summed E-state index contributed by atoms with van der Waals surface area (Å²) in [7, 11) is 3.80. The maximum Gasteiger partial charge on any atom is 0.231 e. The fraction of sp³-hybridized carbons (Fsp3) is 0.304. The first-order valence-electron chi connectivity index (χ1n) is 9.52. The summed E-state index contributed by atoms with van der Waals surface area (Å²) in [4.78, 5) is 2.25. The zero-order valence-corrected chi connectivity index (χ0v) is 16.5. The number of anilines is 1. The number of methoxy groups -OCH3 is 1. The molecule has 0 saturated heterocycles. The summed E-state index contributed by atoms with van der Waals surface area (Å²) < 4.78 is 23.5. The van der Waals surface area contributed by atoms with Gasteiger partial charge in [-0.3, -0.25) is 0 Å². The van der Waals surface area contributed by atoms with E-state index in [1.807, 2.05) is 19.9 Å². The molecule has 0 N–H and O–H groups in total. The lowest BCUT2D eigenvalue weighted by atomic mass is 9.93. The molecule has 0 fully saturated rings. The van der Waals surface area contributed by atoms with Crippen LogP contribution < -0.4 is 23.8 Å². The third-order valence-corrected chi connectivity index (χ3v) is 5.35. The first-order valence-corrected chi connectivity index (χ1v) is 9.52. The Morgan fingerprint density at radius 1 is 1.11 bits per heavy atom. The first kappa shape index (κ1) is 17.0. The zero-order chi connectivity index (χ0) is 19.4. The van der Waals surface area contributed by atoms with Gasteiger partial charge in [0.05, 0.1) is 13.2 Å². The predicted molar refractivity (Wildman–Crippen MR) is 110 cm³/mol. The van der Waals surface area contributed by atoms with Crippen LogP contribution in [0.15, 0.2) is 36.4 Å². The number of fused-ring (bicyclic) bond motifs is 4. The molecule has 5 rings (SSSR count). The van der Waals surface area contributed by atoms with Crippen LogP contribution >= 0.6 is 0 Å². The molecule has 0 amide bonds. The Labute approximate surface area is 164 Å². The third kappa shape index (κ3) is 2.39. The van der Waals surface area contributed by atoms with Gasteiger partial charge < -0.3 is 23.8 Å². The maximum atomic E-state index is 6.02. The van der Waals surface area contributed by atoms with Gasteiger partial charge >= 0.3 is 0 Å². The Kier molecular flexibility index (Phi) is 3.79. The fourth-order valence-corrected chi connectivity index (χ4v) is 4.26. The molecule has 2 heterocycles. The minimum absolute atomic E-state index is 0.0667. The molecule has 144 valence electrons. The van der Waals surface area contributed by atoms with Gasteiger partial charge in [0.25, 0.3) is 0 Å². The number of hydrogen-bond donors (Lipinski definition) is 0. The van der Waals surface area contributed by atoms with Gasteiger partial charge in [0.15, 0.2) is 23.0 Å². The number of hydrogen-bond acceptors (Lipinski definition) is 5. The molecule has 0 atom stereocenters. The van der Waals surface area contributed by atoms with Crippen LogP contribution in [0.4, 0.5) is 5.69 Å². The highest BCUT2D eigenvalue weighted by Gasteiger charge is 2.30. The molecule has 5 heteroatoms. The number of benzene rings is 3. The Morgan fingerprint density at radius 3 is 2.75 bits per heavy atom. The van der Waals surface area contributed by atoms with Gasteiger partial charge in [-0.2, -0.15) is 0 Å². The average Bonchev–Trinajstić information content (AvgIpc) is 3.09. The van der Waals surface area contributed by atoms with Crippen LogP contribution in [0.3, 0.4) is 0 Å².